The molecule has 0 aromatic carbocycles. The van der Waals surface area contributed by atoms with Crippen LogP contribution in [-0.2, 0) is 4.74 Å². The number of aliphatic hydroxyl groups is 1. The first-order valence-electron chi connectivity index (χ1n) is 4.89. The Balaban J connectivity index is 2.32. The first kappa shape index (κ1) is 11.0. The van der Waals surface area contributed by atoms with Crippen molar-refractivity contribution < 1.29 is 14.2 Å². The van der Waals surface area contributed by atoms with Gasteiger partial charge in [0.25, 0.3) is 5.56 Å². The summed E-state index contributed by atoms with van der Waals surface area (Å²) in [7, 11) is 0. The highest BCUT2D eigenvalue weighted by atomic mass is 19.1. The average molecular weight is 230 g/mol. The third-order valence-electron chi connectivity index (χ3n) is 2.52. The van der Waals surface area contributed by atoms with Crippen molar-refractivity contribution in [2.75, 3.05) is 6.61 Å². The van der Waals surface area contributed by atoms with Gasteiger partial charge < -0.3 is 9.84 Å². The summed E-state index contributed by atoms with van der Waals surface area (Å²) in [6, 6.07) is 0. The Labute approximate surface area is 89.3 Å². The standard InChI is InChI=1S/C9H11FN2O4/c10-6-3-12(9(15)11-8(6)14)7-2-1-5(4-13)16-7/h3,5,7,13H,1-2,4H2,(H,11,14,15)/t5-,7-/m0/s1. The van der Waals surface area contributed by atoms with E-state index >= 15 is 0 Å². The van der Waals surface area contributed by atoms with Crippen molar-refractivity contribution in [3.05, 3.63) is 32.9 Å². The molecule has 6 nitrogen and oxygen atoms in total. The van der Waals surface area contributed by atoms with Gasteiger partial charge in [0.1, 0.15) is 6.23 Å². The molecule has 1 aliphatic heterocycles. The fourth-order valence-corrected chi connectivity index (χ4v) is 1.70. The molecule has 7 heteroatoms. The van der Waals surface area contributed by atoms with Gasteiger partial charge in [0.2, 0.25) is 5.82 Å². The van der Waals surface area contributed by atoms with E-state index in [1.165, 1.54) is 0 Å². The summed E-state index contributed by atoms with van der Waals surface area (Å²) >= 11 is 0. The van der Waals surface area contributed by atoms with E-state index in [0.717, 1.165) is 10.8 Å². The van der Waals surface area contributed by atoms with E-state index in [1.807, 2.05) is 4.98 Å². The molecule has 1 aromatic rings. The van der Waals surface area contributed by atoms with Crippen LogP contribution in [0, 0.1) is 5.82 Å². The van der Waals surface area contributed by atoms with Gasteiger partial charge in [-0.3, -0.25) is 14.3 Å². The zero-order valence-corrected chi connectivity index (χ0v) is 8.35. The zero-order valence-electron chi connectivity index (χ0n) is 8.35. The van der Waals surface area contributed by atoms with Gasteiger partial charge in [-0.05, 0) is 12.8 Å². The lowest BCUT2D eigenvalue weighted by molar-refractivity contribution is -0.0250. The molecule has 0 spiro atoms. The molecule has 0 unspecified atom stereocenters. The van der Waals surface area contributed by atoms with E-state index < -0.39 is 23.3 Å². The van der Waals surface area contributed by atoms with Crippen LogP contribution in [0.1, 0.15) is 19.1 Å². The molecule has 0 aliphatic carbocycles. The lowest BCUT2D eigenvalue weighted by Crippen LogP contribution is -2.34. The van der Waals surface area contributed by atoms with E-state index in [2.05, 4.69) is 0 Å². The first-order valence-corrected chi connectivity index (χ1v) is 4.89. The third kappa shape index (κ3) is 1.91. The SMILES string of the molecule is O=c1[nH]c(=O)n([C@@H]2CC[C@@H](CO)O2)cc1F. The molecule has 88 valence electrons. The summed E-state index contributed by atoms with van der Waals surface area (Å²) in [5, 5.41) is 8.85. The highest BCUT2D eigenvalue weighted by molar-refractivity contribution is 4.89. The van der Waals surface area contributed by atoms with E-state index in [9.17, 15) is 14.0 Å². The lowest BCUT2D eigenvalue weighted by Gasteiger charge is -2.14. The van der Waals surface area contributed by atoms with E-state index in [0.29, 0.717) is 12.8 Å². The second kappa shape index (κ2) is 4.18. The van der Waals surface area contributed by atoms with Crippen LogP contribution < -0.4 is 11.2 Å². The van der Waals surface area contributed by atoms with Gasteiger partial charge in [-0.2, -0.15) is 4.39 Å². The summed E-state index contributed by atoms with van der Waals surface area (Å²) in [6.07, 6.45) is 0.944. The summed E-state index contributed by atoms with van der Waals surface area (Å²) < 4.78 is 19.3. The number of rotatable bonds is 2. The molecule has 0 amide bonds. The molecule has 2 N–H and O–H groups in total. The number of aromatic amines is 1. The van der Waals surface area contributed by atoms with Crippen LogP contribution in [-0.4, -0.2) is 27.4 Å². The number of nitrogens with one attached hydrogen (secondary N) is 1. The Hall–Kier alpha value is -1.47. The topological polar surface area (TPSA) is 84.3 Å². The lowest BCUT2D eigenvalue weighted by atomic mass is 10.2. The molecule has 0 bridgehead atoms. The Kier molecular flexibility index (Phi) is 2.88. The van der Waals surface area contributed by atoms with Crippen molar-refractivity contribution in [1.29, 1.82) is 0 Å². The molecule has 16 heavy (non-hydrogen) atoms. The van der Waals surface area contributed by atoms with Gasteiger partial charge in [0, 0.05) is 0 Å². The van der Waals surface area contributed by atoms with Crippen LogP contribution in [0.15, 0.2) is 15.8 Å². The summed E-state index contributed by atoms with van der Waals surface area (Å²) in [4.78, 5) is 24.0. The minimum atomic E-state index is -1.04. The quantitative estimate of drug-likeness (QED) is 0.706. The molecular weight excluding hydrogens is 219 g/mol. The van der Waals surface area contributed by atoms with Gasteiger partial charge in [-0.1, -0.05) is 0 Å². The minimum absolute atomic E-state index is 0.142. The van der Waals surface area contributed by atoms with E-state index in [-0.39, 0.29) is 12.7 Å². The minimum Gasteiger partial charge on any atom is -0.394 e. The fraction of sp³-hybridized carbons (Fsp3) is 0.556. The number of aromatic nitrogens is 2. The maximum Gasteiger partial charge on any atom is 0.330 e. The molecule has 2 atom stereocenters. The predicted molar refractivity (Wildman–Crippen MR) is 51.5 cm³/mol. The van der Waals surface area contributed by atoms with Gasteiger partial charge >= 0.3 is 5.69 Å². The van der Waals surface area contributed by atoms with Crippen molar-refractivity contribution in [1.82, 2.24) is 9.55 Å². The molecule has 1 saturated heterocycles. The van der Waals surface area contributed by atoms with E-state index in [1.54, 1.807) is 0 Å². The molecular formula is C9H11FN2O4. The summed E-state index contributed by atoms with van der Waals surface area (Å²) in [5.74, 6) is -1.03. The summed E-state index contributed by atoms with van der Waals surface area (Å²) in [5.41, 5.74) is -1.76. The number of hydrogen-bond acceptors (Lipinski definition) is 4. The van der Waals surface area contributed by atoms with Crippen molar-refractivity contribution in [2.24, 2.45) is 0 Å². The Morgan fingerprint density at radius 2 is 2.31 bits per heavy atom. The third-order valence-corrected chi connectivity index (χ3v) is 2.52. The highest BCUT2D eigenvalue weighted by Gasteiger charge is 2.27. The number of H-pyrrole nitrogens is 1. The maximum absolute atomic E-state index is 13.0. The molecule has 0 radical (unpaired) electrons. The molecule has 1 fully saturated rings. The van der Waals surface area contributed by atoms with Gasteiger partial charge in [0.05, 0.1) is 18.9 Å². The van der Waals surface area contributed by atoms with Gasteiger partial charge in [0.15, 0.2) is 0 Å². The predicted octanol–water partition coefficient (Wildman–Crippen LogP) is -0.654. The maximum atomic E-state index is 13.0. The molecule has 1 aliphatic rings. The molecule has 2 heterocycles. The Morgan fingerprint density at radius 3 is 2.94 bits per heavy atom. The number of ether oxygens (including phenoxy) is 1. The van der Waals surface area contributed by atoms with Gasteiger partial charge in [-0.25, -0.2) is 4.79 Å². The Morgan fingerprint density at radius 1 is 1.56 bits per heavy atom. The molecule has 1 aromatic heterocycles. The van der Waals surface area contributed by atoms with Crippen LogP contribution in [0.25, 0.3) is 0 Å². The zero-order chi connectivity index (χ0) is 11.7. The largest absolute Gasteiger partial charge is 0.394 e. The van der Waals surface area contributed by atoms with Crippen molar-refractivity contribution >= 4 is 0 Å². The van der Waals surface area contributed by atoms with Crippen molar-refractivity contribution in [3.63, 3.8) is 0 Å². The smallest absolute Gasteiger partial charge is 0.330 e. The van der Waals surface area contributed by atoms with Crippen molar-refractivity contribution in [3.8, 4) is 0 Å². The molecule has 2 rings (SSSR count). The summed E-state index contributed by atoms with van der Waals surface area (Å²) in [6.45, 7) is -0.142. The molecule has 0 saturated carbocycles. The monoisotopic (exact) mass is 230 g/mol. The normalized spacial score (nSPS) is 24.9. The van der Waals surface area contributed by atoms with Crippen LogP contribution in [0.4, 0.5) is 4.39 Å². The number of aliphatic hydroxyl groups excluding tert-OH is 1. The van der Waals surface area contributed by atoms with E-state index in [4.69, 9.17) is 9.84 Å². The Bertz CT molecular complexity index is 495. The van der Waals surface area contributed by atoms with Gasteiger partial charge in [-0.15, -0.1) is 0 Å². The number of hydrogen-bond donors (Lipinski definition) is 2. The van der Waals surface area contributed by atoms with Crippen LogP contribution in [0.3, 0.4) is 0 Å². The average Bonchev–Trinajstić information content (AvgIpc) is 2.71. The van der Waals surface area contributed by atoms with Crippen LogP contribution in [0.2, 0.25) is 0 Å². The van der Waals surface area contributed by atoms with Crippen molar-refractivity contribution in [2.45, 2.75) is 25.2 Å². The second-order valence-corrected chi connectivity index (χ2v) is 3.62. The first-order chi connectivity index (χ1) is 7.61. The highest BCUT2D eigenvalue weighted by Crippen LogP contribution is 2.26. The van der Waals surface area contributed by atoms with Crippen LogP contribution in [0.5, 0.6) is 0 Å². The number of nitrogens with zero attached hydrogens (tertiary/aromatic N) is 1. The second-order valence-electron chi connectivity index (χ2n) is 3.62. The number of halogens is 1. The van der Waals surface area contributed by atoms with Crippen LogP contribution >= 0.6 is 0 Å². The fourth-order valence-electron chi connectivity index (χ4n) is 1.70.